The number of benzene rings is 1. The van der Waals surface area contributed by atoms with Crippen molar-refractivity contribution in [3.05, 3.63) is 66.0 Å². The summed E-state index contributed by atoms with van der Waals surface area (Å²) in [7, 11) is 0. The van der Waals surface area contributed by atoms with Gasteiger partial charge in [-0.05, 0) is 48.6 Å². The normalized spacial score (nSPS) is 15.4. The Morgan fingerprint density at radius 2 is 1.84 bits per heavy atom. The second-order valence-electron chi connectivity index (χ2n) is 6.48. The number of anilines is 1. The van der Waals surface area contributed by atoms with Gasteiger partial charge < -0.3 is 15.2 Å². The molecule has 1 aliphatic rings. The fourth-order valence-corrected chi connectivity index (χ4v) is 3.42. The molecule has 0 radical (unpaired) electrons. The maximum atomic E-state index is 12.4. The molecule has 1 unspecified atom stereocenters. The summed E-state index contributed by atoms with van der Waals surface area (Å²) >= 11 is -2.92. The van der Waals surface area contributed by atoms with Crippen LogP contribution in [-0.2, 0) is 20.9 Å². The van der Waals surface area contributed by atoms with Gasteiger partial charge in [-0.15, -0.1) is 0 Å². The van der Waals surface area contributed by atoms with Crippen LogP contribution in [0.3, 0.4) is 0 Å². The van der Waals surface area contributed by atoms with Crippen LogP contribution < -0.4 is 10.6 Å². The topological polar surface area (TPSA) is 135 Å². The Morgan fingerprint density at radius 3 is 2.45 bits per heavy atom. The van der Waals surface area contributed by atoms with Crippen LogP contribution in [-0.4, -0.2) is 66.9 Å². The second kappa shape index (κ2) is 10.7. The molecule has 2 aromatic rings. The summed E-state index contributed by atoms with van der Waals surface area (Å²) in [6, 6.07) is 11.2. The van der Waals surface area contributed by atoms with Crippen LogP contribution in [0.2, 0.25) is 0 Å². The first-order valence-corrected chi connectivity index (χ1v) is 10.4. The van der Waals surface area contributed by atoms with Gasteiger partial charge in [0.25, 0.3) is 0 Å². The van der Waals surface area contributed by atoms with Crippen LogP contribution in [0, 0.1) is 0 Å². The van der Waals surface area contributed by atoms with E-state index in [0.717, 1.165) is 0 Å². The lowest BCUT2D eigenvalue weighted by Crippen LogP contribution is -2.57. The predicted octanol–water partition coefficient (Wildman–Crippen LogP) is 0.359. The number of piperazine rings is 1. The van der Waals surface area contributed by atoms with Crippen molar-refractivity contribution < 1.29 is 23.1 Å². The molecule has 2 heterocycles. The van der Waals surface area contributed by atoms with Crippen LogP contribution in [0.15, 0.2) is 54.7 Å². The Balaban J connectivity index is 1.62. The van der Waals surface area contributed by atoms with E-state index in [1.165, 1.54) is 35.4 Å². The van der Waals surface area contributed by atoms with E-state index in [9.17, 15) is 23.1 Å². The number of carbonyl (C=O) groups excluding carboxylic acids is 3. The molecule has 0 saturated carbocycles. The molecule has 11 heteroatoms. The molecule has 1 aromatic carbocycles. The van der Waals surface area contributed by atoms with Crippen LogP contribution in [0.1, 0.15) is 16.1 Å². The molecule has 1 saturated heterocycles. The minimum atomic E-state index is -2.92. The van der Waals surface area contributed by atoms with E-state index < -0.39 is 23.1 Å². The summed E-state index contributed by atoms with van der Waals surface area (Å²) in [4.78, 5) is 41.0. The van der Waals surface area contributed by atoms with E-state index in [-0.39, 0.29) is 24.6 Å². The molecule has 3 rings (SSSR count). The van der Waals surface area contributed by atoms with Gasteiger partial charge in [0.05, 0.1) is 17.0 Å². The van der Waals surface area contributed by atoms with Gasteiger partial charge in [-0.25, -0.2) is 5.01 Å². The number of rotatable bonds is 6. The Bertz CT molecular complexity index is 991. The van der Waals surface area contributed by atoms with Crippen LogP contribution >= 0.6 is 0 Å². The first kappa shape index (κ1) is 22.4. The average Bonchev–Trinajstić information content (AvgIpc) is 2.79. The number of pyridine rings is 1. The third-order valence-corrected chi connectivity index (χ3v) is 5.06. The van der Waals surface area contributed by atoms with Gasteiger partial charge in [-0.2, -0.15) is 4.41 Å². The molecular weight excluding hydrogens is 422 g/mol. The minimum absolute atomic E-state index is 0.251. The zero-order valence-electron chi connectivity index (χ0n) is 16.4. The summed E-state index contributed by atoms with van der Waals surface area (Å²) in [6.07, 6.45) is 4.59. The SMILES string of the molecule is O=C(Nc1ccc(C(=O)C=Cc2ccccn2)cc1)C(=O)N(N1CCNCC1)S(=O)[O-]. The zero-order chi connectivity index (χ0) is 22.2. The van der Waals surface area contributed by atoms with Gasteiger partial charge in [-0.1, -0.05) is 6.07 Å². The molecule has 0 bridgehead atoms. The fourth-order valence-electron chi connectivity index (χ4n) is 2.85. The molecule has 1 aliphatic heterocycles. The number of hydrogen-bond donors (Lipinski definition) is 2. The molecule has 1 aromatic heterocycles. The van der Waals surface area contributed by atoms with Crippen molar-refractivity contribution in [3.8, 4) is 0 Å². The van der Waals surface area contributed by atoms with Gasteiger partial charge in [-0.3, -0.25) is 23.6 Å². The second-order valence-corrected chi connectivity index (χ2v) is 7.26. The van der Waals surface area contributed by atoms with Crippen molar-refractivity contribution in [2.75, 3.05) is 31.5 Å². The Kier molecular flexibility index (Phi) is 7.73. The number of hydrazine groups is 1. The molecule has 2 amide bonds. The van der Waals surface area contributed by atoms with Crippen molar-refractivity contribution in [2.24, 2.45) is 0 Å². The number of nitrogens with zero attached hydrogens (tertiary/aromatic N) is 3. The number of nitrogens with one attached hydrogen (secondary N) is 2. The number of amides is 2. The highest BCUT2D eigenvalue weighted by atomic mass is 32.2. The lowest BCUT2D eigenvalue weighted by atomic mass is 10.1. The maximum Gasteiger partial charge on any atom is 0.337 e. The Labute approximate surface area is 181 Å². The van der Waals surface area contributed by atoms with Gasteiger partial charge in [0.15, 0.2) is 5.78 Å². The molecule has 10 nitrogen and oxygen atoms in total. The Hall–Kier alpha value is -3.25. The van der Waals surface area contributed by atoms with Crippen molar-refractivity contribution in [2.45, 2.75) is 0 Å². The van der Waals surface area contributed by atoms with E-state index in [4.69, 9.17) is 0 Å². The van der Waals surface area contributed by atoms with Crippen molar-refractivity contribution in [1.29, 1.82) is 0 Å². The van der Waals surface area contributed by atoms with Crippen molar-refractivity contribution in [3.63, 3.8) is 0 Å². The standard InChI is InChI=1S/C20H21N5O5S/c26-18(9-8-16-3-1-2-10-22-16)15-4-6-17(7-5-15)23-19(27)20(28)25(31(29)30)24-13-11-21-12-14-24/h1-10,21H,11-14H2,(H,23,27)(H,29,30)/p-1. The summed E-state index contributed by atoms with van der Waals surface area (Å²) in [6.45, 7) is 1.53. The highest BCUT2D eigenvalue weighted by Gasteiger charge is 2.29. The number of carbonyl (C=O) groups is 3. The number of ketones is 1. The van der Waals surface area contributed by atoms with Crippen LogP contribution in [0.5, 0.6) is 0 Å². The first-order valence-electron chi connectivity index (χ1n) is 9.39. The lowest BCUT2D eigenvalue weighted by Gasteiger charge is -2.37. The van der Waals surface area contributed by atoms with E-state index in [1.807, 2.05) is 6.07 Å². The van der Waals surface area contributed by atoms with E-state index in [1.54, 1.807) is 24.4 Å². The number of hydrogen-bond acceptors (Lipinski definition) is 8. The third-order valence-electron chi connectivity index (χ3n) is 4.38. The van der Waals surface area contributed by atoms with Gasteiger partial charge >= 0.3 is 11.8 Å². The molecule has 0 spiro atoms. The predicted molar refractivity (Wildman–Crippen MR) is 113 cm³/mol. The molecule has 0 aliphatic carbocycles. The molecule has 31 heavy (non-hydrogen) atoms. The summed E-state index contributed by atoms with van der Waals surface area (Å²) < 4.78 is 23.4. The van der Waals surface area contributed by atoms with Crippen molar-refractivity contribution >= 4 is 40.6 Å². The molecule has 2 N–H and O–H groups in total. The number of aromatic nitrogens is 1. The third kappa shape index (κ3) is 6.12. The minimum Gasteiger partial charge on any atom is -0.754 e. The molecule has 1 fully saturated rings. The summed E-state index contributed by atoms with van der Waals surface area (Å²) in [5.74, 6) is -2.57. The quantitative estimate of drug-likeness (QED) is 0.283. The first-order chi connectivity index (χ1) is 15.0. The average molecular weight is 442 g/mol. The van der Waals surface area contributed by atoms with E-state index >= 15 is 0 Å². The van der Waals surface area contributed by atoms with Crippen LogP contribution in [0.25, 0.3) is 6.08 Å². The fraction of sp³-hybridized carbons (Fsp3) is 0.200. The smallest absolute Gasteiger partial charge is 0.337 e. The van der Waals surface area contributed by atoms with E-state index in [2.05, 4.69) is 15.6 Å². The molecule has 162 valence electrons. The van der Waals surface area contributed by atoms with E-state index in [0.29, 0.717) is 28.8 Å². The summed E-state index contributed by atoms with van der Waals surface area (Å²) in [5, 5.41) is 6.68. The summed E-state index contributed by atoms with van der Waals surface area (Å²) in [5.41, 5.74) is 1.27. The lowest BCUT2D eigenvalue weighted by molar-refractivity contribution is -0.148. The van der Waals surface area contributed by atoms with Gasteiger partial charge in [0.1, 0.15) is 0 Å². The largest absolute Gasteiger partial charge is 0.754 e. The van der Waals surface area contributed by atoms with Gasteiger partial charge in [0.2, 0.25) is 0 Å². The molecular formula is C20H20N5O5S-. The highest BCUT2D eigenvalue weighted by Crippen LogP contribution is 2.12. The zero-order valence-corrected chi connectivity index (χ0v) is 17.2. The highest BCUT2D eigenvalue weighted by molar-refractivity contribution is 7.77. The maximum absolute atomic E-state index is 12.4. The van der Waals surface area contributed by atoms with Crippen LogP contribution in [0.4, 0.5) is 5.69 Å². The monoisotopic (exact) mass is 442 g/mol. The van der Waals surface area contributed by atoms with Crippen molar-refractivity contribution in [1.82, 2.24) is 19.7 Å². The molecule has 1 atom stereocenters. The van der Waals surface area contributed by atoms with Gasteiger partial charge in [0, 0.05) is 43.6 Å². The number of allylic oxidation sites excluding steroid dienone is 1. The Morgan fingerprint density at radius 1 is 1.13 bits per heavy atom.